The third kappa shape index (κ3) is 6.33. The topological polar surface area (TPSA) is 163 Å². The summed E-state index contributed by atoms with van der Waals surface area (Å²) in [6.45, 7) is 1.85. The predicted octanol–water partition coefficient (Wildman–Crippen LogP) is -0.123. The molecule has 3 rings (SSSR count). The largest absolute Gasteiger partial charge is 0.394 e. The normalized spacial score (nSPS) is 21.7. The van der Waals surface area contributed by atoms with Crippen LogP contribution >= 0.6 is 0 Å². The quantitative estimate of drug-likeness (QED) is 0.400. The summed E-state index contributed by atoms with van der Waals surface area (Å²) in [6.07, 6.45) is 4.67. The summed E-state index contributed by atoms with van der Waals surface area (Å²) in [7, 11) is -4.67. The van der Waals surface area contributed by atoms with Gasteiger partial charge in [0.2, 0.25) is 11.8 Å². The Hall–Kier alpha value is -2.08. The molecule has 0 aromatic carbocycles. The highest BCUT2D eigenvalue weighted by Crippen LogP contribution is 2.26. The van der Waals surface area contributed by atoms with Gasteiger partial charge >= 0.3 is 10.4 Å². The molecule has 2 saturated heterocycles. The maximum atomic E-state index is 11.8. The zero-order chi connectivity index (χ0) is 19.3. The number of pyridine rings is 1. The highest BCUT2D eigenvalue weighted by atomic mass is 32.3. The first-order chi connectivity index (χ1) is 12.1. The van der Waals surface area contributed by atoms with Crippen LogP contribution in [0.25, 0.3) is 0 Å². The van der Waals surface area contributed by atoms with E-state index in [1.807, 2.05) is 12.1 Å². The van der Waals surface area contributed by atoms with Crippen LogP contribution in [0.4, 0.5) is 5.82 Å². The molecule has 26 heavy (non-hydrogen) atoms. The first-order valence-electron chi connectivity index (χ1n) is 8.13. The van der Waals surface area contributed by atoms with Crippen LogP contribution in [0.3, 0.4) is 0 Å². The summed E-state index contributed by atoms with van der Waals surface area (Å²) in [6, 6.07) is 4.19. The van der Waals surface area contributed by atoms with Crippen LogP contribution in [-0.4, -0.2) is 53.5 Å². The van der Waals surface area contributed by atoms with Gasteiger partial charge in [0.1, 0.15) is 5.82 Å². The van der Waals surface area contributed by atoms with E-state index in [0.29, 0.717) is 18.9 Å². The minimum absolute atomic E-state index is 0.189. The number of amides is 2. The first-order valence-corrected chi connectivity index (χ1v) is 9.53. The predicted molar refractivity (Wildman–Crippen MR) is 93.0 cm³/mol. The van der Waals surface area contributed by atoms with Gasteiger partial charge in [-0.3, -0.25) is 24.0 Å². The monoisotopic (exact) mass is 386 g/mol. The Kier molecular flexibility index (Phi) is 6.64. The molecule has 1 atom stereocenters. The van der Waals surface area contributed by atoms with Crippen molar-refractivity contribution in [2.45, 2.75) is 37.6 Å². The molecule has 0 radical (unpaired) electrons. The van der Waals surface area contributed by atoms with E-state index in [1.165, 1.54) is 0 Å². The van der Waals surface area contributed by atoms with Gasteiger partial charge in [0, 0.05) is 31.7 Å². The summed E-state index contributed by atoms with van der Waals surface area (Å²) in [5.74, 6) is 0.257. The van der Waals surface area contributed by atoms with Gasteiger partial charge in [0.05, 0.1) is 5.92 Å². The molecule has 5 N–H and O–H groups in total. The second-order valence-corrected chi connectivity index (χ2v) is 7.12. The third-order valence-electron chi connectivity index (χ3n) is 4.28. The Balaban J connectivity index is 0.000000431. The second-order valence-electron chi connectivity index (χ2n) is 6.23. The first kappa shape index (κ1) is 20.2. The Bertz CT molecular complexity index is 736. The van der Waals surface area contributed by atoms with Gasteiger partial charge in [-0.1, -0.05) is 6.07 Å². The van der Waals surface area contributed by atoms with E-state index in [1.54, 1.807) is 6.20 Å². The van der Waals surface area contributed by atoms with E-state index in [9.17, 15) is 9.59 Å². The van der Waals surface area contributed by atoms with Crippen LogP contribution in [0.5, 0.6) is 0 Å². The molecule has 3 heterocycles. The van der Waals surface area contributed by atoms with Gasteiger partial charge in [-0.15, -0.1) is 0 Å². The van der Waals surface area contributed by atoms with Gasteiger partial charge in [0.15, 0.2) is 0 Å². The molecule has 2 aliphatic rings. The number of hydrogen-bond acceptors (Lipinski definition) is 7. The fraction of sp³-hybridized carbons (Fsp3) is 0.533. The highest BCUT2D eigenvalue weighted by molar-refractivity contribution is 7.79. The number of nitrogens with zero attached hydrogens (tertiary/aromatic N) is 2. The number of piperidine rings is 2. The summed E-state index contributed by atoms with van der Waals surface area (Å²) < 4.78 is 31.6. The zero-order valence-corrected chi connectivity index (χ0v) is 14.9. The molecule has 11 heteroatoms. The maximum Gasteiger partial charge on any atom is 0.394 e. The van der Waals surface area contributed by atoms with Crippen molar-refractivity contribution in [3.8, 4) is 0 Å². The molecule has 0 saturated carbocycles. The van der Waals surface area contributed by atoms with Crippen molar-refractivity contribution in [3.63, 3.8) is 0 Å². The number of aromatic nitrogens is 1. The van der Waals surface area contributed by atoms with Crippen molar-refractivity contribution < 1.29 is 27.1 Å². The number of anilines is 1. The molecule has 144 valence electrons. The Morgan fingerprint density at radius 1 is 1.15 bits per heavy atom. The lowest BCUT2D eigenvalue weighted by atomic mass is 9.92. The average molecular weight is 386 g/mol. The van der Waals surface area contributed by atoms with Crippen molar-refractivity contribution >= 4 is 28.0 Å². The van der Waals surface area contributed by atoms with Crippen LogP contribution in [0.2, 0.25) is 0 Å². The van der Waals surface area contributed by atoms with E-state index in [-0.39, 0.29) is 17.7 Å². The number of hydrogen-bond donors (Lipinski definition) is 4. The van der Waals surface area contributed by atoms with Gasteiger partial charge in [-0.25, -0.2) is 4.98 Å². The van der Waals surface area contributed by atoms with E-state index >= 15 is 0 Å². The number of rotatable bonds is 2. The lowest BCUT2D eigenvalue weighted by molar-refractivity contribution is -0.134. The molecular weight excluding hydrogens is 364 g/mol. The molecule has 0 aliphatic carbocycles. The minimum atomic E-state index is -4.67. The van der Waals surface area contributed by atoms with Gasteiger partial charge in [-0.05, 0) is 30.9 Å². The number of carbonyl (C=O) groups is 2. The van der Waals surface area contributed by atoms with Crippen LogP contribution in [0, 0.1) is 0 Å². The van der Waals surface area contributed by atoms with E-state index in [0.717, 1.165) is 37.3 Å². The second kappa shape index (κ2) is 8.54. The van der Waals surface area contributed by atoms with Gasteiger partial charge in [0.25, 0.3) is 0 Å². The molecule has 0 bridgehead atoms. The smallest absolute Gasteiger partial charge is 0.357 e. The molecule has 10 nitrogen and oxygen atoms in total. The number of imide groups is 1. The number of carbonyl (C=O) groups excluding carboxylic acids is 2. The van der Waals surface area contributed by atoms with Crippen molar-refractivity contribution in [2.75, 3.05) is 18.0 Å². The average Bonchev–Trinajstić information content (AvgIpc) is 2.54. The van der Waals surface area contributed by atoms with Gasteiger partial charge < -0.3 is 10.6 Å². The molecule has 2 fully saturated rings. The Morgan fingerprint density at radius 3 is 2.27 bits per heavy atom. The lowest BCUT2D eigenvalue weighted by Gasteiger charge is -2.31. The molecule has 1 unspecified atom stereocenters. The molecule has 1 aromatic heterocycles. The summed E-state index contributed by atoms with van der Waals surface area (Å²) >= 11 is 0. The van der Waals surface area contributed by atoms with Crippen LogP contribution < -0.4 is 16.0 Å². The number of nitrogens with two attached hydrogens (primary N) is 1. The van der Waals surface area contributed by atoms with Crippen molar-refractivity contribution in [1.29, 1.82) is 0 Å². The van der Waals surface area contributed by atoms with E-state index in [4.69, 9.17) is 23.3 Å². The van der Waals surface area contributed by atoms with Crippen LogP contribution in [0.1, 0.15) is 37.2 Å². The van der Waals surface area contributed by atoms with Crippen molar-refractivity contribution in [1.82, 2.24) is 10.3 Å². The lowest BCUT2D eigenvalue weighted by Crippen LogP contribution is -2.40. The van der Waals surface area contributed by atoms with E-state index in [2.05, 4.69) is 15.2 Å². The minimum Gasteiger partial charge on any atom is -0.357 e. The third-order valence-corrected chi connectivity index (χ3v) is 4.28. The SMILES string of the molecule is NC1CCN(c2ccc(C3CCC(=O)NC3=O)cn2)CC1.O=S(=O)(O)O. The van der Waals surface area contributed by atoms with Gasteiger partial charge in [-0.2, -0.15) is 8.42 Å². The zero-order valence-electron chi connectivity index (χ0n) is 14.0. The fourth-order valence-electron chi connectivity index (χ4n) is 2.93. The molecule has 2 amide bonds. The van der Waals surface area contributed by atoms with E-state index < -0.39 is 10.4 Å². The summed E-state index contributed by atoms with van der Waals surface area (Å²) in [5.41, 5.74) is 6.78. The number of nitrogens with one attached hydrogen (secondary N) is 1. The molecule has 1 aromatic rings. The summed E-state index contributed by atoms with van der Waals surface area (Å²) in [5, 5.41) is 2.38. The summed E-state index contributed by atoms with van der Waals surface area (Å²) in [4.78, 5) is 29.7. The standard InChI is InChI=1S/C15H20N4O2.H2O4S/c16-11-5-7-19(8-6-11)13-3-1-10(9-17-13)12-2-4-14(20)18-15(12)21;1-5(2,3)4/h1,3,9,11-12H,2,4-8,16H2,(H,18,20,21);(H2,1,2,3,4). The van der Waals surface area contributed by atoms with Crippen LogP contribution in [0.15, 0.2) is 18.3 Å². The molecular formula is C15H22N4O6S. The maximum absolute atomic E-state index is 11.8. The molecule has 0 spiro atoms. The Morgan fingerprint density at radius 2 is 1.77 bits per heavy atom. The fourth-order valence-corrected chi connectivity index (χ4v) is 2.93. The van der Waals surface area contributed by atoms with Crippen molar-refractivity contribution in [2.24, 2.45) is 5.73 Å². The van der Waals surface area contributed by atoms with Crippen molar-refractivity contribution in [3.05, 3.63) is 23.9 Å². The van der Waals surface area contributed by atoms with Crippen LogP contribution in [-0.2, 0) is 20.0 Å². The highest BCUT2D eigenvalue weighted by Gasteiger charge is 2.28. The molecule has 2 aliphatic heterocycles. The Labute approximate surface area is 151 Å².